The zero-order valence-electron chi connectivity index (χ0n) is 17.8. The molecule has 0 radical (unpaired) electrons. The number of amides is 1. The summed E-state index contributed by atoms with van der Waals surface area (Å²) in [5, 5.41) is 9.49. The number of benzene rings is 1. The van der Waals surface area contributed by atoms with E-state index in [9.17, 15) is 4.79 Å². The Morgan fingerprint density at radius 1 is 1.17 bits per heavy atom. The minimum atomic E-state index is -0.0734. The van der Waals surface area contributed by atoms with Gasteiger partial charge in [0.25, 0.3) is 0 Å². The van der Waals surface area contributed by atoms with E-state index < -0.39 is 0 Å². The van der Waals surface area contributed by atoms with Crippen LogP contribution >= 0.6 is 24.0 Å². The zero-order valence-corrected chi connectivity index (χ0v) is 20.1. The maximum Gasteiger partial charge on any atom is 0.227 e. The molecule has 1 atom stereocenters. The SMILES string of the molecule is CN=C(NCCC(=O)Nc1ccc(C)cn1)NC1CCN(c2ccc(C)cc2)C1.I. The van der Waals surface area contributed by atoms with Crippen molar-refractivity contribution in [1.82, 2.24) is 15.6 Å². The number of carbonyl (C=O) groups excluding carboxylic acids is 1. The van der Waals surface area contributed by atoms with Crippen molar-refractivity contribution >= 4 is 47.3 Å². The number of aryl methyl sites for hydroxylation is 2. The van der Waals surface area contributed by atoms with E-state index in [1.807, 2.05) is 13.0 Å². The summed E-state index contributed by atoms with van der Waals surface area (Å²) in [7, 11) is 1.75. The Hall–Kier alpha value is -2.36. The van der Waals surface area contributed by atoms with Crippen LogP contribution in [0.15, 0.2) is 47.6 Å². The number of hydrogen-bond acceptors (Lipinski definition) is 4. The predicted octanol–water partition coefficient (Wildman–Crippen LogP) is 3.09. The first-order chi connectivity index (χ1) is 14.0. The van der Waals surface area contributed by atoms with Gasteiger partial charge >= 0.3 is 0 Å². The van der Waals surface area contributed by atoms with Crippen LogP contribution in [-0.4, -0.2) is 49.6 Å². The lowest BCUT2D eigenvalue weighted by atomic mass is 10.2. The van der Waals surface area contributed by atoms with Gasteiger partial charge in [-0.1, -0.05) is 23.8 Å². The van der Waals surface area contributed by atoms with Gasteiger partial charge in [0.1, 0.15) is 5.82 Å². The monoisotopic (exact) mass is 522 g/mol. The van der Waals surface area contributed by atoms with Gasteiger partial charge in [0.15, 0.2) is 5.96 Å². The van der Waals surface area contributed by atoms with Crippen LogP contribution in [-0.2, 0) is 4.79 Å². The second-order valence-corrected chi connectivity index (χ2v) is 7.43. The Kier molecular flexibility index (Phi) is 9.35. The van der Waals surface area contributed by atoms with E-state index >= 15 is 0 Å². The van der Waals surface area contributed by atoms with Gasteiger partial charge in [0, 0.05) is 51.0 Å². The van der Waals surface area contributed by atoms with Crippen LogP contribution in [0.1, 0.15) is 24.0 Å². The van der Waals surface area contributed by atoms with Crippen LogP contribution in [0.2, 0.25) is 0 Å². The Bertz CT molecular complexity index is 838. The first-order valence-corrected chi connectivity index (χ1v) is 10.0. The summed E-state index contributed by atoms with van der Waals surface area (Å²) < 4.78 is 0. The number of nitrogens with one attached hydrogen (secondary N) is 3. The van der Waals surface area contributed by atoms with E-state index in [1.165, 1.54) is 11.3 Å². The maximum atomic E-state index is 12.1. The van der Waals surface area contributed by atoms with Crippen LogP contribution < -0.4 is 20.9 Å². The number of carbonyl (C=O) groups is 1. The van der Waals surface area contributed by atoms with E-state index in [2.05, 4.69) is 62.0 Å². The Labute approximate surface area is 195 Å². The van der Waals surface area contributed by atoms with Crippen molar-refractivity contribution in [3.63, 3.8) is 0 Å². The third-order valence-corrected chi connectivity index (χ3v) is 4.98. The molecule has 2 heterocycles. The quantitative estimate of drug-likeness (QED) is 0.309. The highest BCUT2D eigenvalue weighted by Gasteiger charge is 2.23. The molecule has 1 saturated heterocycles. The lowest BCUT2D eigenvalue weighted by Gasteiger charge is -2.20. The standard InChI is InChI=1S/C22H30N6O.HI/c1-16-4-7-19(8-5-16)28-13-11-18(15-28)26-22(23-3)24-12-10-21(29)27-20-9-6-17(2)14-25-20;/h4-9,14,18H,10-13,15H2,1-3H3,(H2,23,24,26)(H,25,27,29);1H. The van der Waals surface area contributed by atoms with Crippen molar-refractivity contribution < 1.29 is 4.79 Å². The van der Waals surface area contributed by atoms with Gasteiger partial charge in [-0.3, -0.25) is 9.79 Å². The first kappa shape index (κ1) is 23.9. The van der Waals surface area contributed by atoms with E-state index in [0.717, 1.165) is 31.0 Å². The highest BCUT2D eigenvalue weighted by molar-refractivity contribution is 14.0. The zero-order chi connectivity index (χ0) is 20.6. The van der Waals surface area contributed by atoms with Crippen molar-refractivity contribution in [2.24, 2.45) is 4.99 Å². The van der Waals surface area contributed by atoms with Gasteiger partial charge in [-0.05, 0) is 44.0 Å². The number of aromatic nitrogens is 1. The molecule has 30 heavy (non-hydrogen) atoms. The molecular weight excluding hydrogens is 491 g/mol. The van der Waals surface area contributed by atoms with Crippen LogP contribution in [0.3, 0.4) is 0 Å². The van der Waals surface area contributed by atoms with Crippen LogP contribution in [0.25, 0.3) is 0 Å². The van der Waals surface area contributed by atoms with Crippen molar-refractivity contribution in [3.8, 4) is 0 Å². The highest BCUT2D eigenvalue weighted by Crippen LogP contribution is 2.20. The number of hydrogen-bond donors (Lipinski definition) is 3. The van der Waals surface area contributed by atoms with Crippen LogP contribution in [0.4, 0.5) is 11.5 Å². The van der Waals surface area contributed by atoms with E-state index in [1.54, 1.807) is 19.3 Å². The van der Waals surface area contributed by atoms with Crippen LogP contribution in [0, 0.1) is 13.8 Å². The number of nitrogens with zero attached hydrogens (tertiary/aromatic N) is 3. The molecule has 1 aliphatic rings. The second-order valence-electron chi connectivity index (χ2n) is 7.43. The fraction of sp³-hybridized carbons (Fsp3) is 0.409. The normalized spacial score (nSPS) is 16.0. The molecule has 8 heteroatoms. The molecule has 0 saturated carbocycles. The van der Waals surface area contributed by atoms with E-state index in [-0.39, 0.29) is 29.9 Å². The first-order valence-electron chi connectivity index (χ1n) is 10.0. The van der Waals surface area contributed by atoms with Gasteiger partial charge in [-0.25, -0.2) is 4.98 Å². The molecule has 7 nitrogen and oxygen atoms in total. The third-order valence-electron chi connectivity index (χ3n) is 4.98. The van der Waals surface area contributed by atoms with Gasteiger partial charge in [-0.15, -0.1) is 24.0 Å². The highest BCUT2D eigenvalue weighted by atomic mass is 127. The topological polar surface area (TPSA) is 81.6 Å². The summed E-state index contributed by atoms with van der Waals surface area (Å²) in [6.07, 6.45) is 3.13. The molecule has 0 aliphatic carbocycles. The van der Waals surface area contributed by atoms with Crippen LogP contribution in [0.5, 0.6) is 0 Å². The molecule has 0 bridgehead atoms. The van der Waals surface area contributed by atoms with Crippen molar-refractivity contribution in [3.05, 3.63) is 53.7 Å². The largest absolute Gasteiger partial charge is 0.369 e. The molecule has 1 unspecified atom stereocenters. The van der Waals surface area contributed by atoms with Crippen molar-refractivity contribution in [2.45, 2.75) is 32.7 Å². The number of aliphatic imine (C=N–C) groups is 1. The number of pyridine rings is 1. The second kappa shape index (κ2) is 11.7. The Balaban J connectivity index is 0.00000320. The molecule has 3 N–H and O–H groups in total. The predicted molar refractivity (Wildman–Crippen MR) is 134 cm³/mol. The van der Waals surface area contributed by atoms with Gasteiger partial charge in [-0.2, -0.15) is 0 Å². The maximum absolute atomic E-state index is 12.1. The Morgan fingerprint density at radius 3 is 2.57 bits per heavy atom. The van der Waals surface area contributed by atoms with E-state index in [0.29, 0.717) is 24.8 Å². The molecule has 1 amide bonds. The molecule has 3 rings (SSSR count). The minimum absolute atomic E-state index is 0. The number of guanidine groups is 1. The average Bonchev–Trinajstić information content (AvgIpc) is 3.18. The van der Waals surface area contributed by atoms with Crippen molar-refractivity contribution in [2.75, 3.05) is 36.9 Å². The third kappa shape index (κ3) is 7.16. The number of anilines is 2. The molecular formula is C22H31IN6O. The molecule has 162 valence electrons. The van der Waals surface area contributed by atoms with E-state index in [4.69, 9.17) is 0 Å². The molecule has 1 aliphatic heterocycles. The summed E-state index contributed by atoms with van der Waals surface area (Å²) in [6, 6.07) is 12.7. The Morgan fingerprint density at radius 2 is 1.90 bits per heavy atom. The average molecular weight is 522 g/mol. The molecule has 1 aromatic carbocycles. The summed E-state index contributed by atoms with van der Waals surface area (Å²) in [4.78, 5) is 22.9. The smallest absolute Gasteiger partial charge is 0.227 e. The molecule has 0 spiro atoms. The number of halogens is 1. The lowest BCUT2D eigenvalue weighted by Crippen LogP contribution is -2.45. The molecule has 1 aromatic heterocycles. The minimum Gasteiger partial charge on any atom is -0.369 e. The van der Waals surface area contributed by atoms with Gasteiger partial charge < -0.3 is 20.9 Å². The van der Waals surface area contributed by atoms with Crippen molar-refractivity contribution in [1.29, 1.82) is 0 Å². The number of rotatable bonds is 6. The van der Waals surface area contributed by atoms with Gasteiger partial charge in [0.2, 0.25) is 5.91 Å². The summed E-state index contributed by atoms with van der Waals surface area (Å²) in [5.41, 5.74) is 3.59. The summed E-state index contributed by atoms with van der Waals surface area (Å²) in [6.45, 7) is 6.52. The summed E-state index contributed by atoms with van der Waals surface area (Å²) in [5.74, 6) is 1.22. The van der Waals surface area contributed by atoms with Gasteiger partial charge in [0.05, 0.1) is 0 Å². The fourth-order valence-corrected chi connectivity index (χ4v) is 3.30. The fourth-order valence-electron chi connectivity index (χ4n) is 3.30. The molecule has 1 fully saturated rings. The lowest BCUT2D eigenvalue weighted by molar-refractivity contribution is -0.116. The summed E-state index contributed by atoms with van der Waals surface area (Å²) >= 11 is 0. The molecule has 2 aromatic rings.